The zero-order valence-electron chi connectivity index (χ0n) is 11.5. The second-order valence-electron chi connectivity index (χ2n) is 5.58. The highest BCUT2D eigenvalue weighted by molar-refractivity contribution is 7.13. The van der Waals surface area contributed by atoms with E-state index in [-0.39, 0.29) is 0 Å². The van der Waals surface area contributed by atoms with E-state index in [2.05, 4.69) is 46.4 Å². The lowest BCUT2D eigenvalue weighted by Gasteiger charge is -2.16. The first-order chi connectivity index (χ1) is 9.78. The molecule has 0 bridgehead atoms. The molecule has 104 valence electrons. The fraction of sp³-hybridized carbons (Fsp3) is 0.429. The summed E-state index contributed by atoms with van der Waals surface area (Å²) in [5.41, 5.74) is 4.28. The molecule has 1 fully saturated rings. The SMILES string of the molecule is CC[C@@H]1CN(P)C[C@@H]1c1cnc2cnc3[nH]ccc3n12. The van der Waals surface area contributed by atoms with Crippen molar-refractivity contribution in [2.24, 2.45) is 5.92 Å². The second-order valence-corrected chi connectivity index (χ2v) is 6.31. The van der Waals surface area contributed by atoms with Crippen LogP contribution in [0.2, 0.25) is 0 Å². The van der Waals surface area contributed by atoms with Crippen molar-refractivity contribution in [2.45, 2.75) is 19.3 Å². The number of imidazole rings is 1. The van der Waals surface area contributed by atoms with Crippen LogP contribution < -0.4 is 0 Å². The highest BCUT2D eigenvalue weighted by Crippen LogP contribution is 2.36. The van der Waals surface area contributed by atoms with Crippen LogP contribution in [0.15, 0.2) is 24.7 Å². The van der Waals surface area contributed by atoms with Crippen molar-refractivity contribution in [3.63, 3.8) is 0 Å². The van der Waals surface area contributed by atoms with Crippen LogP contribution in [0.25, 0.3) is 16.8 Å². The van der Waals surface area contributed by atoms with Gasteiger partial charge < -0.3 is 4.98 Å². The summed E-state index contributed by atoms with van der Waals surface area (Å²) in [5.74, 6) is 1.22. The molecular formula is C14H18N5P. The Balaban J connectivity index is 1.93. The zero-order valence-corrected chi connectivity index (χ0v) is 12.6. The maximum absolute atomic E-state index is 4.55. The minimum Gasteiger partial charge on any atom is -0.345 e. The molecule has 0 saturated carbocycles. The minimum atomic E-state index is 0.535. The fourth-order valence-corrected chi connectivity index (χ4v) is 3.90. The Kier molecular flexibility index (Phi) is 2.79. The van der Waals surface area contributed by atoms with Gasteiger partial charge in [-0.25, -0.2) is 9.97 Å². The van der Waals surface area contributed by atoms with Crippen molar-refractivity contribution < 1.29 is 0 Å². The molecule has 1 saturated heterocycles. The van der Waals surface area contributed by atoms with Crippen LogP contribution >= 0.6 is 9.39 Å². The maximum Gasteiger partial charge on any atom is 0.156 e. The molecule has 1 aliphatic heterocycles. The summed E-state index contributed by atoms with van der Waals surface area (Å²) < 4.78 is 4.60. The van der Waals surface area contributed by atoms with Crippen LogP contribution in [-0.2, 0) is 0 Å². The predicted octanol–water partition coefficient (Wildman–Crippen LogP) is 2.43. The minimum absolute atomic E-state index is 0.535. The highest BCUT2D eigenvalue weighted by atomic mass is 31.0. The molecule has 4 rings (SSSR count). The van der Waals surface area contributed by atoms with Gasteiger partial charge in [-0.1, -0.05) is 22.7 Å². The summed E-state index contributed by atoms with van der Waals surface area (Å²) >= 11 is 0. The topological polar surface area (TPSA) is 49.2 Å². The van der Waals surface area contributed by atoms with E-state index in [0.29, 0.717) is 11.8 Å². The average molecular weight is 287 g/mol. The molecule has 5 nitrogen and oxygen atoms in total. The molecule has 1 unspecified atom stereocenters. The van der Waals surface area contributed by atoms with Gasteiger partial charge in [0.25, 0.3) is 0 Å². The van der Waals surface area contributed by atoms with Gasteiger partial charge in [0.2, 0.25) is 0 Å². The van der Waals surface area contributed by atoms with Crippen molar-refractivity contribution in [2.75, 3.05) is 13.1 Å². The normalized spacial score (nSPS) is 24.1. The van der Waals surface area contributed by atoms with Crippen molar-refractivity contribution in [3.8, 4) is 0 Å². The molecule has 1 aliphatic rings. The molecule has 3 aromatic rings. The van der Waals surface area contributed by atoms with E-state index in [4.69, 9.17) is 0 Å². The Labute approximate surface area is 119 Å². The quantitative estimate of drug-likeness (QED) is 0.736. The van der Waals surface area contributed by atoms with Crippen LogP contribution in [0.5, 0.6) is 0 Å². The molecule has 0 radical (unpaired) electrons. The van der Waals surface area contributed by atoms with Gasteiger partial charge in [0.15, 0.2) is 11.3 Å². The van der Waals surface area contributed by atoms with E-state index < -0.39 is 0 Å². The first-order valence-corrected chi connectivity index (χ1v) is 7.58. The molecule has 0 spiro atoms. The van der Waals surface area contributed by atoms with E-state index >= 15 is 0 Å². The van der Waals surface area contributed by atoms with Crippen molar-refractivity contribution in [1.29, 1.82) is 0 Å². The molecule has 6 heteroatoms. The van der Waals surface area contributed by atoms with E-state index in [1.807, 2.05) is 18.6 Å². The van der Waals surface area contributed by atoms with Crippen LogP contribution in [0.1, 0.15) is 25.0 Å². The van der Waals surface area contributed by atoms with Gasteiger partial charge in [-0.05, 0) is 12.0 Å². The van der Waals surface area contributed by atoms with Crippen LogP contribution in [0.3, 0.4) is 0 Å². The third-order valence-electron chi connectivity index (χ3n) is 4.44. The van der Waals surface area contributed by atoms with Gasteiger partial charge in [-0.2, -0.15) is 0 Å². The number of nitrogens with one attached hydrogen (secondary N) is 1. The third-order valence-corrected chi connectivity index (χ3v) is 4.87. The van der Waals surface area contributed by atoms with Gasteiger partial charge in [0.05, 0.1) is 11.7 Å². The monoisotopic (exact) mass is 287 g/mol. The Morgan fingerprint density at radius 3 is 3.10 bits per heavy atom. The number of hydrogen-bond donors (Lipinski definition) is 1. The van der Waals surface area contributed by atoms with Crippen LogP contribution in [0, 0.1) is 5.92 Å². The number of aromatic nitrogens is 4. The summed E-state index contributed by atoms with van der Waals surface area (Å²) in [6.07, 6.45) is 7.01. The Bertz CT molecular complexity index is 761. The molecule has 0 aromatic carbocycles. The standard InChI is InChI=1S/C14H18N5P/c1-2-9-7-18(20)8-10(9)12-5-16-13-6-17-14-11(19(12)13)3-4-15-14/h3-6,9-10,15H,2,7-8,20H2,1H3/t9-,10+/m1/s1. The van der Waals surface area contributed by atoms with Gasteiger partial charge in [-0.15, -0.1) is 0 Å². The number of nitrogens with zero attached hydrogens (tertiary/aromatic N) is 4. The van der Waals surface area contributed by atoms with Gasteiger partial charge in [-0.3, -0.25) is 9.07 Å². The lowest BCUT2D eigenvalue weighted by molar-refractivity contribution is 0.482. The third kappa shape index (κ3) is 1.70. The Morgan fingerprint density at radius 1 is 1.35 bits per heavy atom. The molecule has 3 atom stereocenters. The molecular weight excluding hydrogens is 269 g/mol. The lowest BCUT2D eigenvalue weighted by Crippen LogP contribution is -2.12. The number of rotatable bonds is 2. The van der Waals surface area contributed by atoms with Crippen molar-refractivity contribution in [3.05, 3.63) is 30.4 Å². The smallest absolute Gasteiger partial charge is 0.156 e. The number of fused-ring (bicyclic) bond motifs is 3. The van der Waals surface area contributed by atoms with Gasteiger partial charge in [0.1, 0.15) is 0 Å². The summed E-state index contributed by atoms with van der Waals surface area (Å²) in [6.45, 7) is 4.49. The van der Waals surface area contributed by atoms with Crippen molar-refractivity contribution >= 4 is 26.2 Å². The fourth-order valence-electron chi connectivity index (χ4n) is 3.41. The van der Waals surface area contributed by atoms with E-state index in [1.165, 1.54) is 12.1 Å². The van der Waals surface area contributed by atoms with Crippen LogP contribution in [-0.4, -0.2) is 37.1 Å². The Hall–Kier alpha value is -1.45. The average Bonchev–Trinajstić information content (AvgIpc) is 3.13. The molecule has 3 aromatic heterocycles. The highest BCUT2D eigenvalue weighted by Gasteiger charge is 2.33. The van der Waals surface area contributed by atoms with Gasteiger partial charge in [0, 0.05) is 37.1 Å². The summed E-state index contributed by atoms with van der Waals surface area (Å²) in [6, 6.07) is 2.08. The number of hydrogen-bond acceptors (Lipinski definition) is 3. The van der Waals surface area contributed by atoms with E-state index in [0.717, 1.165) is 29.9 Å². The van der Waals surface area contributed by atoms with E-state index in [1.54, 1.807) is 0 Å². The van der Waals surface area contributed by atoms with E-state index in [9.17, 15) is 0 Å². The summed E-state index contributed by atoms with van der Waals surface area (Å²) in [4.78, 5) is 12.1. The number of aromatic amines is 1. The molecule has 0 aliphatic carbocycles. The molecule has 0 amide bonds. The Morgan fingerprint density at radius 2 is 2.25 bits per heavy atom. The predicted molar refractivity (Wildman–Crippen MR) is 82.6 cm³/mol. The molecule has 1 N–H and O–H groups in total. The first-order valence-electron chi connectivity index (χ1n) is 7.07. The van der Waals surface area contributed by atoms with Crippen molar-refractivity contribution in [1.82, 2.24) is 24.0 Å². The van der Waals surface area contributed by atoms with Gasteiger partial charge >= 0.3 is 0 Å². The lowest BCUT2D eigenvalue weighted by atomic mass is 9.91. The first kappa shape index (κ1) is 12.3. The summed E-state index contributed by atoms with van der Waals surface area (Å²) in [7, 11) is 2.84. The summed E-state index contributed by atoms with van der Waals surface area (Å²) in [5, 5.41) is 0. The maximum atomic E-state index is 4.55. The number of H-pyrrole nitrogens is 1. The molecule has 4 heterocycles. The largest absolute Gasteiger partial charge is 0.345 e. The molecule has 20 heavy (non-hydrogen) atoms. The zero-order chi connectivity index (χ0) is 13.7. The van der Waals surface area contributed by atoms with Crippen LogP contribution in [0.4, 0.5) is 0 Å². The second kappa shape index (κ2) is 4.54.